The average Bonchev–Trinajstić information content (AvgIpc) is 3.63. The summed E-state index contributed by atoms with van der Waals surface area (Å²) >= 11 is 0. The van der Waals surface area contributed by atoms with Gasteiger partial charge in [-0.2, -0.15) is 0 Å². The molecule has 0 saturated heterocycles. The molecule has 1 atom stereocenters. The van der Waals surface area contributed by atoms with Gasteiger partial charge in [-0.1, -0.05) is 19.8 Å². The monoisotopic (exact) mass is 462 g/mol. The Labute approximate surface area is 197 Å². The van der Waals surface area contributed by atoms with E-state index in [-0.39, 0.29) is 11.6 Å². The second-order valence-corrected chi connectivity index (χ2v) is 8.89. The lowest BCUT2D eigenvalue weighted by molar-refractivity contribution is 0.112. The molecule has 5 rings (SSSR count). The van der Waals surface area contributed by atoms with Gasteiger partial charge in [-0.05, 0) is 65.4 Å². The molecule has 9 nitrogen and oxygen atoms in total. The number of pyridine rings is 1. The topological polar surface area (TPSA) is 102 Å². The molecule has 1 fully saturated rings. The van der Waals surface area contributed by atoms with Gasteiger partial charge in [0.15, 0.2) is 5.82 Å². The number of benzene rings is 1. The number of fused-ring (bicyclic) bond motifs is 1. The lowest BCUT2D eigenvalue weighted by Gasteiger charge is -2.35. The molecule has 0 spiro atoms. The fourth-order valence-corrected chi connectivity index (χ4v) is 5.07. The Kier molecular flexibility index (Phi) is 6.44. The first kappa shape index (κ1) is 22.3. The van der Waals surface area contributed by atoms with E-state index in [0.717, 1.165) is 53.1 Å². The second kappa shape index (κ2) is 9.80. The highest BCUT2D eigenvalue weighted by Crippen LogP contribution is 2.33. The van der Waals surface area contributed by atoms with Gasteiger partial charge in [0, 0.05) is 24.2 Å². The maximum atomic E-state index is 13.1. The second-order valence-electron chi connectivity index (χ2n) is 8.89. The molecule has 1 N–H and O–H groups in total. The van der Waals surface area contributed by atoms with Crippen LogP contribution >= 0.6 is 0 Å². The molecule has 3 aromatic heterocycles. The zero-order chi connectivity index (χ0) is 23.5. The summed E-state index contributed by atoms with van der Waals surface area (Å²) in [6, 6.07) is 11.9. The van der Waals surface area contributed by atoms with Crippen molar-refractivity contribution in [1.82, 2.24) is 30.1 Å². The smallest absolute Gasteiger partial charge is 0.252 e. The molecule has 1 aromatic carbocycles. The van der Waals surface area contributed by atoms with Gasteiger partial charge in [0.2, 0.25) is 0 Å². The summed E-state index contributed by atoms with van der Waals surface area (Å²) in [6.45, 7) is 3.16. The Bertz CT molecular complexity index is 1290. The average molecular weight is 463 g/mol. The van der Waals surface area contributed by atoms with Crippen molar-refractivity contribution in [3.63, 3.8) is 0 Å². The van der Waals surface area contributed by atoms with Crippen LogP contribution in [0.2, 0.25) is 0 Å². The highest BCUT2D eigenvalue weighted by atomic mass is 16.5. The van der Waals surface area contributed by atoms with Crippen LogP contribution in [0.15, 0.2) is 51.9 Å². The Hall–Kier alpha value is -3.46. The van der Waals surface area contributed by atoms with E-state index >= 15 is 0 Å². The molecule has 0 radical (unpaired) electrons. The quantitative estimate of drug-likeness (QED) is 0.400. The molecular weight excluding hydrogens is 432 g/mol. The van der Waals surface area contributed by atoms with Gasteiger partial charge >= 0.3 is 0 Å². The third-order valence-corrected chi connectivity index (χ3v) is 6.81. The van der Waals surface area contributed by atoms with Crippen molar-refractivity contribution in [2.45, 2.75) is 64.2 Å². The lowest BCUT2D eigenvalue weighted by Crippen LogP contribution is -2.39. The van der Waals surface area contributed by atoms with Crippen LogP contribution in [0.25, 0.3) is 10.9 Å². The van der Waals surface area contributed by atoms with Gasteiger partial charge < -0.3 is 14.1 Å². The molecule has 0 amide bonds. The molecule has 178 valence electrons. The predicted molar refractivity (Wildman–Crippen MR) is 128 cm³/mol. The number of aromatic nitrogens is 5. The van der Waals surface area contributed by atoms with Gasteiger partial charge in [-0.15, -0.1) is 5.10 Å². The highest BCUT2D eigenvalue weighted by Gasteiger charge is 2.32. The van der Waals surface area contributed by atoms with Crippen molar-refractivity contribution in [3.8, 4) is 5.75 Å². The van der Waals surface area contributed by atoms with Gasteiger partial charge in [-0.25, -0.2) is 4.68 Å². The standard InChI is InChI=1S/C25H30N6O3/c1-3-23(24-27-28-29-31(24)16-21-9-6-12-34-21)30(19-7-4-5-8-19)15-18-13-17-10-11-20(33-2)14-22(17)26-25(18)32/h6,9-14,19,23H,3-5,7-8,15-16H2,1-2H3,(H,26,32). The number of hydrogen-bond donors (Lipinski definition) is 1. The van der Waals surface area contributed by atoms with Crippen molar-refractivity contribution < 1.29 is 9.15 Å². The molecule has 1 saturated carbocycles. The number of hydrogen-bond acceptors (Lipinski definition) is 7. The Morgan fingerprint density at radius 2 is 2.12 bits per heavy atom. The van der Waals surface area contributed by atoms with Crippen molar-refractivity contribution >= 4 is 10.9 Å². The van der Waals surface area contributed by atoms with Crippen LogP contribution in [0.4, 0.5) is 0 Å². The minimum absolute atomic E-state index is 0.0148. The van der Waals surface area contributed by atoms with Crippen LogP contribution in [0, 0.1) is 0 Å². The first-order valence-electron chi connectivity index (χ1n) is 11.9. The van der Waals surface area contributed by atoms with E-state index in [1.807, 2.05) is 41.1 Å². The number of furan rings is 1. The Morgan fingerprint density at radius 3 is 2.85 bits per heavy atom. The van der Waals surface area contributed by atoms with E-state index in [1.54, 1.807) is 13.4 Å². The third kappa shape index (κ3) is 4.48. The molecule has 0 bridgehead atoms. The number of nitrogens with one attached hydrogen (secondary N) is 1. The van der Waals surface area contributed by atoms with E-state index in [1.165, 1.54) is 12.8 Å². The van der Waals surface area contributed by atoms with E-state index < -0.39 is 0 Å². The van der Waals surface area contributed by atoms with E-state index in [0.29, 0.717) is 19.1 Å². The largest absolute Gasteiger partial charge is 0.497 e. The number of tetrazole rings is 1. The summed E-state index contributed by atoms with van der Waals surface area (Å²) < 4.78 is 12.6. The van der Waals surface area contributed by atoms with Crippen LogP contribution in [-0.2, 0) is 13.1 Å². The first-order valence-corrected chi connectivity index (χ1v) is 11.9. The molecule has 9 heteroatoms. The number of nitrogens with zero attached hydrogens (tertiary/aromatic N) is 5. The van der Waals surface area contributed by atoms with Crippen LogP contribution in [-0.4, -0.2) is 43.2 Å². The van der Waals surface area contributed by atoms with Crippen LogP contribution in [0.1, 0.15) is 62.2 Å². The van der Waals surface area contributed by atoms with Crippen LogP contribution < -0.4 is 10.3 Å². The molecule has 1 unspecified atom stereocenters. The Morgan fingerprint density at radius 1 is 1.26 bits per heavy atom. The number of rotatable bonds is 9. The lowest BCUT2D eigenvalue weighted by atomic mass is 10.0. The summed E-state index contributed by atoms with van der Waals surface area (Å²) in [6.07, 6.45) is 7.10. The molecule has 3 heterocycles. The number of methoxy groups -OCH3 is 1. The van der Waals surface area contributed by atoms with Gasteiger partial charge in [-0.3, -0.25) is 9.69 Å². The fourth-order valence-electron chi connectivity index (χ4n) is 5.07. The molecule has 1 aliphatic carbocycles. The number of ether oxygens (including phenoxy) is 1. The van der Waals surface area contributed by atoms with Gasteiger partial charge in [0.1, 0.15) is 18.1 Å². The van der Waals surface area contributed by atoms with E-state index in [4.69, 9.17) is 9.15 Å². The third-order valence-electron chi connectivity index (χ3n) is 6.81. The maximum absolute atomic E-state index is 13.1. The molecular formula is C25H30N6O3. The zero-order valence-electron chi connectivity index (χ0n) is 19.6. The number of aromatic amines is 1. The molecule has 1 aliphatic rings. The normalized spacial score (nSPS) is 15.4. The molecule has 34 heavy (non-hydrogen) atoms. The SMILES string of the molecule is CCC(c1nnnn1Cc1ccco1)N(Cc1cc2ccc(OC)cc2[nH]c1=O)C1CCCC1. The van der Waals surface area contributed by atoms with E-state index in [9.17, 15) is 4.79 Å². The van der Waals surface area contributed by atoms with Crippen molar-refractivity contribution in [2.24, 2.45) is 0 Å². The van der Waals surface area contributed by atoms with Crippen molar-refractivity contribution in [3.05, 3.63) is 70.2 Å². The molecule has 0 aliphatic heterocycles. The van der Waals surface area contributed by atoms with Gasteiger partial charge in [0.25, 0.3) is 5.56 Å². The highest BCUT2D eigenvalue weighted by molar-refractivity contribution is 5.80. The summed E-state index contributed by atoms with van der Waals surface area (Å²) in [5.41, 5.74) is 1.44. The van der Waals surface area contributed by atoms with Crippen molar-refractivity contribution in [1.29, 1.82) is 0 Å². The zero-order valence-corrected chi connectivity index (χ0v) is 19.6. The van der Waals surface area contributed by atoms with E-state index in [2.05, 4.69) is 32.3 Å². The fraction of sp³-hybridized carbons (Fsp3) is 0.440. The minimum atomic E-state index is -0.0752. The summed E-state index contributed by atoms with van der Waals surface area (Å²) in [4.78, 5) is 18.5. The number of H-pyrrole nitrogens is 1. The van der Waals surface area contributed by atoms with Crippen molar-refractivity contribution in [2.75, 3.05) is 7.11 Å². The minimum Gasteiger partial charge on any atom is -0.497 e. The van der Waals surface area contributed by atoms with Crippen LogP contribution in [0.3, 0.4) is 0 Å². The molecule has 4 aromatic rings. The maximum Gasteiger partial charge on any atom is 0.252 e. The van der Waals surface area contributed by atoms with Crippen LogP contribution in [0.5, 0.6) is 5.75 Å². The summed E-state index contributed by atoms with van der Waals surface area (Å²) in [5, 5.41) is 13.6. The van der Waals surface area contributed by atoms with Gasteiger partial charge in [0.05, 0.1) is 24.9 Å². The first-order chi connectivity index (χ1) is 16.7. The summed E-state index contributed by atoms with van der Waals surface area (Å²) in [5.74, 6) is 2.32. The Balaban J connectivity index is 1.49. The summed E-state index contributed by atoms with van der Waals surface area (Å²) in [7, 11) is 1.62. The predicted octanol–water partition coefficient (Wildman–Crippen LogP) is 4.06.